The van der Waals surface area contributed by atoms with Gasteiger partial charge in [-0.25, -0.2) is 18.4 Å². The monoisotopic (exact) mass is 445 g/mol. The number of methoxy groups -OCH3 is 1. The van der Waals surface area contributed by atoms with Crippen molar-refractivity contribution in [2.45, 2.75) is 17.9 Å². The molecule has 0 radical (unpaired) electrons. The standard InChI is InChI=1S/C20H19N3O7S/c1-11(20(25)26)30-18-10-16(19(24)14-6-4-3-5-13(14)18)23-22-15-9-12(31(21,27)28)7-8-17(15)29-2/h3-11,24H,1-2H3,(H,25,26)(H2,21,27,28)/b23-22+. The zero-order chi connectivity index (χ0) is 22.8. The number of nitrogens with two attached hydrogens (primary N) is 1. The molecule has 11 heteroatoms. The molecule has 4 N–H and O–H groups in total. The largest absolute Gasteiger partial charge is 0.505 e. The number of carboxylic acids is 1. The summed E-state index contributed by atoms with van der Waals surface area (Å²) in [4.78, 5) is 11.0. The van der Waals surface area contributed by atoms with E-state index in [1.165, 1.54) is 38.3 Å². The Labute approximate surface area is 177 Å². The first-order valence-corrected chi connectivity index (χ1v) is 10.4. The summed E-state index contributed by atoms with van der Waals surface area (Å²) in [5.41, 5.74) is 0.0392. The molecule has 162 valence electrons. The van der Waals surface area contributed by atoms with Crippen LogP contribution in [0.25, 0.3) is 10.8 Å². The van der Waals surface area contributed by atoms with E-state index in [0.717, 1.165) is 0 Å². The first-order chi connectivity index (χ1) is 14.6. The zero-order valence-electron chi connectivity index (χ0n) is 16.5. The van der Waals surface area contributed by atoms with Crippen molar-refractivity contribution in [1.82, 2.24) is 0 Å². The van der Waals surface area contributed by atoms with Crippen LogP contribution in [0.5, 0.6) is 17.2 Å². The van der Waals surface area contributed by atoms with Gasteiger partial charge in [-0.2, -0.15) is 0 Å². The summed E-state index contributed by atoms with van der Waals surface area (Å²) >= 11 is 0. The van der Waals surface area contributed by atoms with E-state index < -0.39 is 22.1 Å². The fraction of sp³-hybridized carbons (Fsp3) is 0.150. The molecule has 0 saturated heterocycles. The molecule has 0 aliphatic heterocycles. The highest BCUT2D eigenvalue weighted by molar-refractivity contribution is 7.89. The van der Waals surface area contributed by atoms with Crippen molar-refractivity contribution in [3.63, 3.8) is 0 Å². The summed E-state index contributed by atoms with van der Waals surface area (Å²) in [6.07, 6.45) is -1.15. The van der Waals surface area contributed by atoms with Crippen LogP contribution in [0.2, 0.25) is 0 Å². The van der Waals surface area contributed by atoms with E-state index in [-0.39, 0.29) is 33.5 Å². The highest BCUT2D eigenvalue weighted by Crippen LogP contribution is 2.42. The van der Waals surface area contributed by atoms with Gasteiger partial charge in [-0.1, -0.05) is 24.3 Å². The fourth-order valence-electron chi connectivity index (χ4n) is 2.76. The molecule has 0 heterocycles. The number of azo groups is 1. The summed E-state index contributed by atoms with van der Waals surface area (Å²) in [7, 11) is -2.61. The van der Waals surface area contributed by atoms with Crippen molar-refractivity contribution in [3.8, 4) is 17.2 Å². The Kier molecular flexibility index (Phi) is 6.09. The second kappa shape index (κ2) is 8.58. The molecule has 1 unspecified atom stereocenters. The predicted molar refractivity (Wildman–Crippen MR) is 112 cm³/mol. The van der Waals surface area contributed by atoms with Crippen LogP contribution in [0.1, 0.15) is 6.92 Å². The molecule has 3 aromatic rings. The van der Waals surface area contributed by atoms with E-state index in [1.807, 2.05) is 0 Å². The summed E-state index contributed by atoms with van der Waals surface area (Å²) in [6.45, 7) is 1.37. The number of nitrogens with zero attached hydrogens (tertiary/aromatic N) is 2. The highest BCUT2D eigenvalue weighted by atomic mass is 32.2. The molecule has 0 aliphatic carbocycles. The van der Waals surface area contributed by atoms with E-state index >= 15 is 0 Å². The summed E-state index contributed by atoms with van der Waals surface area (Å²) in [5.74, 6) is -0.962. The average Bonchev–Trinajstić information content (AvgIpc) is 2.73. The molecule has 3 aromatic carbocycles. The summed E-state index contributed by atoms with van der Waals surface area (Å²) in [5, 5.41) is 33.8. The van der Waals surface area contributed by atoms with Crippen LogP contribution in [-0.4, -0.2) is 37.8 Å². The van der Waals surface area contributed by atoms with Gasteiger partial charge in [0.2, 0.25) is 10.0 Å². The number of carboxylic acid groups (broad SMARTS) is 1. The number of rotatable bonds is 7. The molecule has 10 nitrogen and oxygen atoms in total. The molecule has 1 atom stereocenters. The SMILES string of the molecule is COc1ccc(S(N)(=O)=O)cc1/N=N/c1cc(OC(C)C(=O)O)c2ccccc2c1O. The number of phenols is 1. The van der Waals surface area contributed by atoms with Crippen molar-refractivity contribution in [1.29, 1.82) is 0 Å². The van der Waals surface area contributed by atoms with Gasteiger partial charge in [0.1, 0.15) is 22.9 Å². The maximum absolute atomic E-state index is 11.6. The first kappa shape index (κ1) is 22.0. The average molecular weight is 445 g/mol. The van der Waals surface area contributed by atoms with Crippen LogP contribution < -0.4 is 14.6 Å². The number of fused-ring (bicyclic) bond motifs is 1. The number of benzene rings is 3. The third kappa shape index (κ3) is 4.73. The van der Waals surface area contributed by atoms with Gasteiger partial charge in [0.15, 0.2) is 11.9 Å². The normalized spacial score (nSPS) is 12.7. The lowest BCUT2D eigenvalue weighted by Gasteiger charge is -2.14. The first-order valence-electron chi connectivity index (χ1n) is 8.88. The summed E-state index contributed by atoms with van der Waals surface area (Å²) < 4.78 is 33.9. The van der Waals surface area contributed by atoms with E-state index in [9.17, 15) is 18.3 Å². The van der Waals surface area contributed by atoms with Crippen molar-refractivity contribution in [2.24, 2.45) is 15.4 Å². The van der Waals surface area contributed by atoms with Gasteiger partial charge in [0.05, 0.1) is 12.0 Å². The molecule has 31 heavy (non-hydrogen) atoms. The van der Waals surface area contributed by atoms with Crippen molar-refractivity contribution in [2.75, 3.05) is 7.11 Å². The maximum atomic E-state index is 11.6. The lowest BCUT2D eigenvalue weighted by Crippen LogP contribution is -2.22. The minimum absolute atomic E-state index is 0.0191. The Bertz CT molecular complexity index is 1290. The number of aromatic hydroxyl groups is 1. The molecule has 0 spiro atoms. The van der Waals surface area contributed by atoms with E-state index in [4.69, 9.17) is 19.7 Å². The van der Waals surface area contributed by atoms with E-state index in [1.54, 1.807) is 24.3 Å². The number of hydrogen-bond acceptors (Lipinski definition) is 8. The van der Waals surface area contributed by atoms with Gasteiger partial charge in [0, 0.05) is 16.8 Å². The van der Waals surface area contributed by atoms with Gasteiger partial charge >= 0.3 is 5.97 Å². The minimum Gasteiger partial charge on any atom is -0.505 e. The Balaban J connectivity index is 2.12. The zero-order valence-corrected chi connectivity index (χ0v) is 17.3. The minimum atomic E-state index is -3.98. The molecule has 0 amide bonds. The van der Waals surface area contributed by atoms with Crippen molar-refractivity contribution >= 4 is 38.1 Å². The molecule has 0 aliphatic rings. The lowest BCUT2D eigenvalue weighted by atomic mass is 10.1. The molecular weight excluding hydrogens is 426 g/mol. The molecule has 0 aromatic heterocycles. The third-order valence-corrected chi connectivity index (χ3v) is 5.26. The smallest absolute Gasteiger partial charge is 0.344 e. The van der Waals surface area contributed by atoms with Gasteiger partial charge in [0.25, 0.3) is 0 Å². The van der Waals surface area contributed by atoms with Gasteiger partial charge in [-0.05, 0) is 25.1 Å². The number of phenolic OH excluding ortho intramolecular Hbond substituents is 1. The molecule has 0 bridgehead atoms. The number of aliphatic carboxylic acids is 1. The number of ether oxygens (including phenoxy) is 2. The quantitative estimate of drug-likeness (QED) is 0.469. The van der Waals surface area contributed by atoms with Crippen LogP contribution in [0.3, 0.4) is 0 Å². The Morgan fingerprint density at radius 2 is 1.68 bits per heavy atom. The number of sulfonamides is 1. The number of carbonyl (C=O) groups is 1. The summed E-state index contributed by atoms with van der Waals surface area (Å²) in [6, 6.07) is 11.8. The molecule has 0 fully saturated rings. The third-order valence-electron chi connectivity index (χ3n) is 4.35. The Morgan fingerprint density at radius 3 is 2.29 bits per heavy atom. The van der Waals surface area contributed by atoms with Crippen LogP contribution in [-0.2, 0) is 14.8 Å². The van der Waals surface area contributed by atoms with E-state index in [0.29, 0.717) is 10.8 Å². The second-order valence-electron chi connectivity index (χ2n) is 6.47. The predicted octanol–water partition coefficient (Wildman–Crippen LogP) is 3.47. The number of hydrogen-bond donors (Lipinski definition) is 3. The fourth-order valence-corrected chi connectivity index (χ4v) is 3.29. The Morgan fingerprint density at radius 1 is 1.03 bits per heavy atom. The van der Waals surface area contributed by atoms with Crippen LogP contribution in [0.15, 0.2) is 63.7 Å². The van der Waals surface area contributed by atoms with E-state index in [2.05, 4.69) is 10.2 Å². The van der Waals surface area contributed by atoms with Crippen LogP contribution in [0, 0.1) is 0 Å². The van der Waals surface area contributed by atoms with Gasteiger partial charge in [-0.3, -0.25) is 0 Å². The second-order valence-corrected chi connectivity index (χ2v) is 8.03. The van der Waals surface area contributed by atoms with Crippen molar-refractivity contribution < 1.29 is 32.9 Å². The van der Waals surface area contributed by atoms with Gasteiger partial charge < -0.3 is 19.7 Å². The Hall–Kier alpha value is -3.70. The molecular formula is C20H19N3O7S. The lowest BCUT2D eigenvalue weighted by molar-refractivity contribution is -0.144. The van der Waals surface area contributed by atoms with Gasteiger partial charge in [-0.15, -0.1) is 10.2 Å². The molecule has 3 rings (SSSR count). The maximum Gasteiger partial charge on any atom is 0.344 e. The number of primary sulfonamides is 1. The topological polar surface area (TPSA) is 161 Å². The highest BCUT2D eigenvalue weighted by Gasteiger charge is 2.18. The van der Waals surface area contributed by atoms with Crippen LogP contribution >= 0.6 is 0 Å². The van der Waals surface area contributed by atoms with Crippen molar-refractivity contribution in [3.05, 3.63) is 48.5 Å². The molecule has 0 saturated carbocycles. The van der Waals surface area contributed by atoms with Crippen LogP contribution in [0.4, 0.5) is 11.4 Å².